The van der Waals surface area contributed by atoms with Crippen LogP contribution in [0, 0.1) is 5.92 Å². The van der Waals surface area contributed by atoms with Gasteiger partial charge in [0.2, 0.25) is 27.7 Å². The molecule has 2 aliphatic heterocycles. The summed E-state index contributed by atoms with van der Waals surface area (Å²) in [5, 5.41) is 9.35. The fraction of sp³-hybridized carbons (Fsp3) is 0.417. The van der Waals surface area contributed by atoms with Crippen molar-refractivity contribution in [2.45, 2.75) is 68.7 Å². The first kappa shape index (κ1) is 34.3. The smallest absolute Gasteiger partial charge is 0.246 e. The number of rotatable bonds is 13. The number of fused-ring (bicyclic) bond motifs is 1. The van der Waals surface area contributed by atoms with Crippen molar-refractivity contribution in [3.05, 3.63) is 108 Å². The van der Waals surface area contributed by atoms with Crippen molar-refractivity contribution < 1.29 is 22.8 Å². The van der Waals surface area contributed by atoms with E-state index in [0.29, 0.717) is 38.5 Å². The maximum Gasteiger partial charge on any atom is 0.246 e. The highest BCUT2D eigenvalue weighted by molar-refractivity contribution is 7.88. The minimum Gasteiger partial charge on any atom is -0.343 e. The van der Waals surface area contributed by atoms with Crippen molar-refractivity contribution in [1.82, 2.24) is 25.6 Å². The van der Waals surface area contributed by atoms with Gasteiger partial charge in [-0.05, 0) is 68.2 Å². The Labute approximate surface area is 277 Å². The lowest BCUT2D eigenvalue weighted by Gasteiger charge is -2.33. The second-order valence-corrected chi connectivity index (χ2v) is 14.4. The molecule has 11 heteroatoms. The van der Waals surface area contributed by atoms with Crippen molar-refractivity contribution in [1.29, 1.82) is 0 Å². The van der Waals surface area contributed by atoms with Gasteiger partial charge in [0.15, 0.2) is 0 Å². The highest BCUT2D eigenvalue weighted by Gasteiger charge is 2.48. The van der Waals surface area contributed by atoms with Gasteiger partial charge in [0.05, 0.1) is 18.3 Å². The molecule has 3 aromatic carbocycles. The quantitative estimate of drug-likeness (QED) is 0.223. The lowest BCUT2D eigenvalue weighted by Crippen LogP contribution is -2.58. The van der Waals surface area contributed by atoms with Crippen LogP contribution in [-0.4, -0.2) is 75.1 Å². The molecule has 2 unspecified atom stereocenters. The maximum absolute atomic E-state index is 14.5. The molecule has 0 bridgehead atoms. The molecule has 10 nitrogen and oxygen atoms in total. The molecule has 2 fully saturated rings. The summed E-state index contributed by atoms with van der Waals surface area (Å²) in [6.07, 6.45) is 4.36. The number of benzene rings is 3. The summed E-state index contributed by atoms with van der Waals surface area (Å²) >= 11 is 0. The molecule has 2 saturated heterocycles. The monoisotopic (exact) mass is 659 g/mol. The minimum absolute atomic E-state index is 0.146. The molecule has 5 atom stereocenters. The molecule has 250 valence electrons. The molecule has 0 aromatic heterocycles. The lowest BCUT2D eigenvalue weighted by atomic mass is 9.90. The van der Waals surface area contributed by atoms with Crippen LogP contribution in [0.15, 0.2) is 91.0 Å². The lowest BCUT2D eigenvalue weighted by molar-refractivity contribution is -0.143. The molecule has 0 saturated carbocycles. The Morgan fingerprint density at radius 3 is 2.00 bits per heavy atom. The molecule has 0 aliphatic carbocycles. The molecule has 2 heterocycles. The van der Waals surface area contributed by atoms with Crippen molar-refractivity contribution in [3.63, 3.8) is 0 Å². The number of hydrogen-bond acceptors (Lipinski definition) is 6. The fourth-order valence-electron chi connectivity index (χ4n) is 6.93. The predicted molar refractivity (Wildman–Crippen MR) is 182 cm³/mol. The Bertz CT molecular complexity index is 1570. The molecule has 2 aliphatic rings. The Balaban J connectivity index is 1.39. The Morgan fingerprint density at radius 2 is 1.43 bits per heavy atom. The van der Waals surface area contributed by atoms with Gasteiger partial charge in [-0.2, -0.15) is 0 Å². The van der Waals surface area contributed by atoms with E-state index in [0.717, 1.165) is 22.9 Å². The first-order valence-electron chi connectivity index (χ1n) is 16.3. The molecule has 3 amide bonds. The zero-order chi connectivity index (χ0) is 33.4. The number of likely N-dealkylation sites (N-methyl/N-ethyl adjacent to an activating group) is 1. The normalized spacial score (nSPS) is 21.9. The summed E-state index contributed by atoms with van der Waals surface area (Å²) in [6, 6.07) is 26.4. The van der Waals surface area contributed by atoms with Crippen molar-refractivity contribution in [2.24, 2.45) is 5.92 Å². The summed E-state index contributed by atoms with van der Waals surface area (Å²) in [5.74, 6) is -1.17. The van der Waals surface area contributed by atoms with E-state index in [1.54, 1.807) is 11.9 Å². The second kappa shape index (κ2) is 15.7. The van der Waals surface area contributed by atoms with Crippen LogP contribution in [0.2, 0.25) is 0 Å². The summed E-state index contributed by atoms with van der Waals surface area (Å²) in [6.45, 7) is 0.146. The van der Waals surface area contributed by atoms with Crippen LogP contribution in [0.1, 0.15) is 54.8 Å². The number of sulfonamides is 1. The van der Waals surface area contributed by atoms with E-state index in [2.05, 4.69) is 20.7 Å². The van der Waals surface area contributed by atoms with Crippen LogP contribution in [0.4, 0.5) is 0 Å². The summed E-state index contributed by atoms with van der Waals surface area (Å²) < 4.78 is 26.2. The highest BCUT2D eigenvalue weighted by atomic mass is 32.2. The van der Waals surface area contributed by atoms with Crippen LogP contribution in [0.5, 0.6) is 0 Å². The van der Waals surface area contributed by atoms with Gasteiger partial charge in [-0.3, -0.25) is 14.4 Å². The molecular formula is C36H45N5O5S. The third kappa shape index (κ3) is 8.85. The summed E-state index contributed by atoms with van der Waals surface area (Å²) in [4.78, 5) is 44.0. The molecule has 0 radical (unpaired) electrons. The molecule has 47 heavy (non-hydrogen) atoms. The zero-order valence-electron chi connectivity index (χ0n) is 27.0. The van der Waals surface area contributed by atoms with Gasteiger partial charge in [-0.25, -0.2) is 13.1 Å². The summed E-state index contributed by atoms with van der Waals surface area (Å²) in [7, 11) is -1.72. The van der Waals surface area contributed by atoms with Gasteiger partial charge in [0.25, 0.3) is 0 Å². The van der Waals surface area contributed by atoms with Crippen molar-refractivity contribution >= 4 is 27.7 Å². The maximum atomic E-state index is 14.5. The molecule has 5 rings (SSSR count). The van der Waals surface area contributed by atoms with E-state index in [1.807, 2.05) is 91.0 Å². The number of carbonyl (C=O) groups is 3. The first-order valence-corrected chi connectivity index (χ1v) is 18.2. The Hall–Kier alpha value is -4.06. The molecule has 4 N–H and O–H groups in total. The number of carbonyl (C=O) groups excluding carboxylic acids is 3. The van der Waals surface area contributed by atoms with Crippen LogP contribution < -0.4 is 20.7 Å². The first-order chi connectivity index (χ1) is 22.6. The van der Waals surface area contributed by atoms with E-state index in [-0.39, 0.29) is 36.2 Å². The topological polar surface area (TPSA) is 137 Å². The number of nitrogens with one attached hydrogen (secondary N) is 4. The van der Waals surface area contributed by atoms with E-state index in [4.69, 9.17) is 0 Å². The van der Waals surface area contributed by atoms with Gasteiger partial charge < -0.3 is 20.9 Å². The number of amides is 3. The van der Waals surface area contributed by atoms with Crippen LogP contribution in [0.3, 0.4) is 0 Å². The zero-order valence-corrected chi connectivity index (χ0v) is 27.8. The second-order valence-electron chi connectivity index (χ2n) is 12.6. The van der Waals surface area contributed by atoms with Crippen LogP contribution in [0.25, 0.3) is 0 Å². The van der Waals surface area contributed by atoms with Crippen molar-refractivity contribution in [3.8, 4) is 0 Å². The van der Waals surface area contributed by atoms with E-state index >= 15 is 0 Å². The minimum atomic E-state index is -3.43. The van der Waals surface area contributed by atoms with Gasteiger partial charge in [0.1, 0.15) is 12.1 Å². The Morgan fingerprint density at radius 1 is 0.851 bits per heavy atom. The van der Waals surface area contributed by atoms with Crippen LogP contribution in [-0.2, 0) is 30.8 Å². The summed E-state index contributed by atoms with van der Waals surface area (Å²) in [5.41, 5.74) is 2.85. The van der Waals surface area contributed by atoms with E-state index in [9.17, 15) is 22.8 Å². The van der Waals surface area contributed by atoms with E-state index in [1.165, 1.54) is 0 Å². The molecule has 0 spiro atoms. The third-order valence-corrected chi connectivity index (χ3v) is 10.1. The predicted octanol–water partition coefficient (Wildman–Crippen LogP) is 2.92. The van der Waals surface area contributed by atoms with Crippen molar-refractivity contribution in [2.75, 3.05) is 19.8 Å². The van der Waals surface area contributed by atoms with E-state index < -0.39 is 34.2 Å². The average molecular weight is 660 g/mol. The van der Waals surface area contributed by atoms with Crippen LogP contribution >= 0.6 is 0 Å². The average Bonchev–Trinajstić information content (AvgIpc) is 3.46. The van der Waals surface area contributed by atoms with Gasteiger partial charge in [-0.1, -0.05) is 91.0 Å². The SMILES string of the molecule is CNC(Cc1ccccc1)C(=O)NC1C(=O)N2[C@@H](CC[C@@H]1CCNS(C)(=O)=O)CC[C@H]2C(=O)NC(c1ccccc1)c1ccccc1. The largest absolute Gasteiger partial charge is 0.343 e. The van der Waals surface area contributed by atoms with Gasteiger partial charge in [-0.15, -0.1) is 0 Å². The number of hydrogen-bond donors (Lipinski definition) is 4. The highest BCUT2D eigenvalue weighted by Crippen LogP contribution is 2.36. The van der Waals surface area contributed by atoms with Gasteiger partial charge in [0, 0.05) is 12.6 Å². The fourth-order valence-corrected chi connectivity index (χ4v) is 7.42. The number of nitrogens with zero attached hydrogens (tertiary/aromatic N) is 1. The van der Waals surface area contributed by atoms with Gasteiger partial charge >= 0.3 is 0 Å². The third-order valence-electron chi connectivity index (χ3n) is 9.34. The molecular weight excluding hydrogens is 614 g/mol. The standard InChI is InChI=1S/C36H45N5O5S/c1-37-30(24-25-12-6-3-7-13-25)34(42)40-33-28(22-23-38-47(2,45)46)18-19-29-20-21-31(41(29)36(33)44)35(43)39-32(26-14-8-4-9-15-26)27-16-10-5-11-17-27/h3-17,28-33,37-38H,18-24H2,1-2H3,(H,39,43)(H,40,42)/t28-,29+,30?,31+,33?/m1/s1. The Kier molecular flexibility index (Phi) is 11.4. The molecule has 3 aromatic rings.